The standard InChI is InChI=1S/C19H22BrN3/c1-16-6-8-17(9-7-16)15-22-10-12-23(13-11-22)21-14-18-4-2-3-5-19(18)20/h2-9,14H,10-13,15H2,1H3. The van der Waals surface area contributed by atoms with Crippen LogP contribution in [0.25, 0.3) is 0 Å². The average Bonchev–Trinajstić information content (AvgIpc) is 2.58. The maximum atomic E-state index is 4.62. The summed E-state index contributed by atoms with van der Waals surface area (Å²) < 4.78 is 1.08. The Morgan fingerprint density at radius 1 is 1.00 bits per heavy atom. The van der Waals surface area contributed by atoms with Crippen LogP contribution in [0, 0.1) is 6.92 Å². The Morgan fingerprint density at radius 2 is 1.70 bits per heavy atom. The van der Waals surface area contributed by atoms with E-state index in [1.54, 1.807) is 0 Å². The zero-order valence-electron chi connectivity index (χ0n) is 13.5. The van der Waals surface area contributed by atoms with Gasteiger partial charge in [-0.05, 0) is 18.6 Å². The van der Waals surface area contributed by atoms with Gasteiger partial charge in [-0.15, -0.1) is 0 Å². The van der Waals surface area contributed by atoms with Crippen molar-refractivity contribution in [3.05, 3.63) is 69.7 Å². The molecule has 1 aliphatic rings. The van der Waals surface area contributed by atoms with Crippen LogP contribution in [0.1, 0.15) is 16.7 Å². The molecule has 1 saturated heterocycles. The molecule has 0 aromatic heterocycles. The summed E-state index contributed by atoms with van der Waals surface area (Å²) in [4.78, 5) is 2.50. The van der Waals surface area contributed by atoms with E-state index >= 15 is 0 Å². The maximum Gasteiger partial charge on any atom is 0.0554 e. The third-order valence-corrected chi connectivity index (χ3v) is 4.86. The highest BCUT2D eigenvalue weighted by Crippen LogP contribution is 2.14. The van der Waals surface area contributed by atoms with E-state index in [0.29, 0.717) is 0 Å². The molecule has 3 rings (SSSR count). The van der Waals surface area contributed by atoms with Crippen molar-refractivity contribution in [3.8, 4) is 0 Å². The molecule has 2 aromatic rings. The minimum absolute atomic E-state index is 0.979. The van der Waals surface area contributed by atoms with Crippen molar-refractivity contribution in [1.82, 2.24) is 9.91 Å². The molecular weight excluding hydrogens is 350 g/mol. The number of aryl methyl sites for hydroxylation is 1. The zero-order chi connectivity index (χ0) is 16.1. The Balaban J connectivity index is 1.50. The highest BCUT2D eigenvalue weighted by molar-refractivity contribution is 9.10. The van der Waals surface area contributed by atoms with Crippen LogP contribution in [0.5, 0.6) is 0 Å². The molecule has 0 aliphatic carbocycles. The van der Waals surface area contributed by atoms with Crippen LogP contribution in [0.2, 0.25) is 0 Å². The topological polar surface area (TPSA) is 18.8 Å². The number of piperazine rings is 1. The Labute approximate surface area is 146 Å². The lowest BCUT2D eigenvalue weighted by atomic mass is 10.1. The SMILES string of the molecule is Cc1ccc(CN2CCN(N=Cc3ccccc3Br)CC2)cc1. The zero-order valence-corrected chi connectivity index (χ0v) is 15.0. The van der Waals surface area contributed by atoms with Crippen LogP contribution in [0.4, 0.5) is 0 Å². The van der Waals surface area contributed by atoms with Gasteiger partial charge in [0.05, 0.1) is 6.21 Å². The average molecular weight is 372 g/mol. The predicted molar refractivity (Wildman–Crippen MR) is 99.8 cm³/mol. The van der Waals surface area contributed by atoms with E-state index in [4.69, 9.17) is 0 Å². The molecule has 0 bridgehead atoms. The second-order valence-corrected chi connectivity index (χ2v) is 6.84. The fourth-order valence-electron chi connectivity index (χ4n) is 2.69. The fraction of sp³-hybridized carbons (Fsp3) is 0.316. The fourth-order valence-corrected chi connectivity index (χ4v) is 3.07. The van der Waals surface area contributed by atoms with Crippen molar-refractivity contribution in [2.45, 2.75) is 13.5 Å². The largest absolute Gasteiger partial charge is 0.295 e. The van der Waals surface area contributed by atoms with Gasteiger partial charge >= 0.3 is 0 Å². The third kappa shape index (κ3) is 4.66. The molecule has 3 nitrogen and oxygen atoms in total. The highest BCUT2D eigenvalue weighted by Gasteiger charge is 2.15. The molecule has 0 saturated carbocycles. The van der Waals surface area contributed by atoms with Crippen LogP contribution in [0.3, 0.4) is 0 Å². The minimum Gasteiger partial charge on any atom is -0.295 e. The highest BCUT2D eigenvalue weighted by atomic mass is 79.9. The second kappa shape index (κ2) is 7.75. The molecule has 1 fully saturated rings. The van der Waals surface area contributed by atoms with Crippen LogP contribution >= 0.6 is 15.9 Å². The molecule has 1 heterocycles. The molecule has 120 valence electrons. The molecule has 2 aromatic carbocycles. The van der Waals surface area contributed by atoms with Crippen molar-refractivity contribution in [2.24, 2.45) is 5.10 Å². The summed E-state index contributed by atoms with van der Waals surface area (Å²) in [5.74, 6) is 0. The number of hydrazone groups is 1. The van der Waals surface area contributed by atoms with Crippen LogP contribution in [-0.2, 0) is 6.54 Å². The number of benzene rings is 2. The molecule has 0 N–H and O–H groups in total. The molecular formula is C19H22BrN3. The van der Waals surface area contributed by atoms with E-state index in [-0.39, 0.29) is 0 Å². The molecule has 23 heavy (non-hydrogen) atoms. The van der Waals surface area contributed by atoms with Gasteiger partial charge in [0.15, 0.2) is 0 Å². The lowest BCUT2D eigenvalue weighted by Gasteiger charge is -2.33. The van der Waals surface area contributed by atoms with Crippen LogP contribution < -0.4 is 0 Å². The molecule has 4 heteroatoms. The monoisotopic (exact) mass is 371 g/mol. The van der Waals surface area contributed by atoms with Gasteiger partial charge in [0, 0.05) is 42.8 Å². The number of rotatable bonds is 4. The molecule has 0 atom stereocenters. The summed E-state index contributed by atoms with van der Waals surface area (Å²) in [6.07, 6.45) is 1.94. The van der Waals surface area contributed by atoms with E-state index in [9.17, 15) is 0 Å². The van der Waals surface area contributed by atoms with Gasteiger partial charge in [0.2, 0.25) is 0 Å². The summed E-state index contributed by atoms with van der Waals surface area (Å²) in [5.41, 5.74) is 3.83. The Bertz CT molecular complexity index is 659. The Morgan fingerprint density at radius 3 is 2.39 bits per heavy atom. The molecule has 0 amide bonds. The summed E-state index contributed by atoms with van der Waals surface area (Å²) in [5, 5.41) is 6.78. The minimum atomic E-state index is 0.979. The van der Waals surface area contributed by atoms with Gasteiger partial charge in [-0.1, -0.05) is 64.0 Å². The van der Waals surface area contributed by atoms with E-state index in [1.165, 1.54) is 11.1 Å². The number of hydrogen-bond acceptors (Lipinski definition) is 3. The molecule has 1 aliphatic heterocycles. The van der Waals surface area contributed by atoms with Gasteiger partial charge in [0.25, 0.3) is 0 Å². The van der Waals surface area contributed by atoms with Crippen LogP contribution in [-0.4, -0.2) is 42.3 Å². The van der Waals surface area contributed by atoms with Crippen molar-refractivity contribution < 1.29 is 0 Å². The summed E-state index contributed by atoms with van der Waals surface area (Å²) in [6.45, 7) is 7.23. The van der Waals surface area contributed by atoms with E-state index in [2.05, 4.69) is 68.2 Å². The summed E-state index contributed by atoms with van der Waals surface area (Å²) >= 11 is 3.55. The number of hydrogen-bond donors (Lipinski definition) is 0. The second-order valence-electron chi connectivity index (χ2n) is 5.98. The van der Waals surface area contributed by atoms with Crippen molar-refractivity contribution in [2.75, 3.05) is 26.2 Å². The van der Waals surface area contributed by atoms with Crippen molar-refractivity contribution >= 4 is 22.1 Å². The first-order valence-corrected chi connectivity index (χ1v) is 8.81. The van der Waals surface area contributed by atoms with Crippen LogP contribution in [0.15, 0.2) is 58.1 Å². The summed E-state index contributed by atoms with van der Waals surface area (Å²) in [6, 6.07) is 17.0. The van der Waals surface area contributed by atoms with Crippen molar-refractivity contribution in [3.63, 3.8) is 0 Å². The lowest BCUT2D eigenvalue weighted by Crippen LogP contribution is -2.43. The smallest absolute Gasteiger partial charge is 0.0554 e. The first-order valence-electron chi connectivity index (χ1n) is 8.02. The van der Waals surface area contributed by atoms with E-state index in [1.807, 2.05) is 24.4 Å². The van der Waals surface area contributed by atoms with Gasteiger partial charge in [0.1, 0.15) is 0 Å². The van der Waals surface area contributed by atoms with E-state index < -0.39 is 0 Å². The van der Waals surface area contributed by atoms with E-state index in [0.717, 1.165) is 42.8 Å². The molecule has 0 radical (unpaired) electrons. The Kier molecular flexibility index (Phi) is 5.47. The quantitative estimate of drug-likeness (QED) is 0.758. The number of nitrogens with zero attached hydrogens (tertiary/aromatic N) is 3. The van der Waals surface area contributed by atoms with Crippen molar-refractivity contribution in [1.29, 1.82) is 0 Å². The Hall–Kier alpha value is -1.65. The summed E-state index contributed by atoms with van der Waals surface area (Å²) in [7, 11) is 0. The molecule has 0 unspecified atom stereocenters. The van der Waals surface area contributed by atoms with Gasteiger partial charge < -0.3 is 0 Å². The number of halogens is 1. The predicted octanol–water partition coefficient (Wildman–Crippen LogP) is 3.91. The molecule has 0 spiro atoms. The van der Waals surface area contributed by atoms with Gasteiger partial charge in [-0.25, -0.2) is 0 Å². The lowest BCUT2D eigenvalue weighted by molar-refractivity contribution is 0.131. The third-order valence-electron chi connectivity index (χ3n) is 4.14. The first kappa shape index (κ1) is 16.2. The van der Waals surface area contributed by atoms with Gasteiger partial charge in [-0.3, -0.25) is 9.91 Å². The first-order chi connectivity index (χ1) is 11.2. The maximum absolute atomic E-state index is 4.62. The van der Waals surface area contributed by atoms with Gasteiger partial charge in [-0.2, -0.15) is 5.10 Å². The normalized spacial score (nSPS) is 16.2.